The molecule has 3 heteroatoms. The molecule has 2 aromatic rings. The van der Waals surface area contributed by atoms with E-state index >= 15 is 0 Å². The third kappa shape index (κ3) is 4.35. The van der Waals surface area contributed by atoms with Gasteiger partial charge in [-0.05, 0) is 42.5 Å². The fourth-order valence-corrected chi connectivity index (χ4v) is 2.50. The minimum atomic E-state index is -0.553. The van der Waals surface area contributed by atoms with Crippen LogP contribution >= 0.6 is 0 Å². The second-order valence-corrected chi connectivity index (χ2v) is 5.95. The van der Waals surface area contributed by atoms with Crippen molar-refractivity contribution in [1.29, 1.82) is 0 Å². The highest BCUT2D eigenvalue weighted by Crippen LogP contribution is 2.24. The van der Waals surface area contributed by atoms with Gasteiger partial charge >= 0.3 is 0 Å². The van der Waals surface area contributed by atoms with Gasteiger partial charge in [0.15, 0.2) is 6.10 Å². The maximum atomic E-state index is 12.5. The summed E-state index contributed by atoms with van der Waals surface area (Å²) in [6.07, 6.45) is 0.323. The lowest BCUT2D eigenvalue weighted by Crippen LogP contribution is -2.30. The molecule has 0 saturated heterocycles. The summed E-state index contributed by atoms with van der Waals surface area (Å²) in [6, 6.07) is 15.7. The van der Waals surface area contributed by atoms with Crippen LogP contribution in [-0.4, -0.2) is 12.0 Å². The maximum Gasteiger partial charge on any atom is 0.265 e. The molecule has 0 radical (unpaired) electrons. The van der Waals surface area contributed by atoms with Gasteiger partial charge in [0, 0.05) is 5.69 Å². The monoisotopic (exact) mass is 311 g/mol. The molecule has 0 unspecified atom stereocenters. The molecule has 3 nitrogen and oxygen atoms in total. The fraction of sp³-hybridized carbons (Fsp3) is 0.350. The molecule has 122 valence electrons. The molecule has 0 bridgehead atoms. The van der Waals surface area contributed by atoms with Gasteiger partial charge in [-0.1, -0.05) is 57.2 Å². The quantitative estimate of drug-likeness (QED) is 0.834. The summed E-state index contributed by atoms with van der Waals surface area (Å²) < 4.78 is 5.86. The number of nitrogens with one attached hydrogen (secondary N) is 1. The molecule has 1 N–H and O–H groups in total. The molecule has 0 saturated carbocycles. The molecule has 1 amide bonds. The molecular weight excluding hydrogens is 286 g/mol. The van der Waals surface area contributed by atoms with Gasteiger partial charge in [-0.3, -0.25) is 4.79 Å². The number of hydrogen-bond acceptors (Lipinski definition) is 2. The first-order valence-corrected chi connectivity index (χ1v) is 8.17. The molecule has 1 atom stereocenters. The number of hydrogen-bond donors (Lipinski definition) is 1. The van der Waals surface area contributed by atoms with E-state index < -0.39 is 6.10 Å². The van der Waals surface area contributed by atoms with E-state index in [1.807, 2.05) is 48.5 Å². The van der Waals surface area contributed by atoms with Gasteiger partial charge in [0.1, 0.15) is 5.75 Å². The number of carbonyl (C=O) groups excluding carboxylic acids is 1. The van der Waals surface area contributed by atoms with Crippen molar-refractivity contribution in [2.24, 2.45) is 0 Å². The number of aryl methyl sites for hydroxylation is 1. The minimum Gasteiger partial charge on any atom is -0.481 e. The van der Waals surface area contributed by atoms with E-state index in [-0.39, 0.29) is 5.91 Å². The summed E-state index contributed by atoms with van der Waals surface area (Å²) in [5.74, 6) is 0.988. The Kier molecular flexibility index (Phi) is 5.80. The molecule has 0 aliphatic heterocycles. The number of anilines is 1. The van der Waals surface area contributed by atoms with Crippen molar-refractivity contribution in [3.05, 3.63) is 59.7 Å². The van der Waals surface area contributed by atoms with E-state index in [1.165, 1.54) is 0 Å². The molecule has 0 aliphatic carbocycles. The summed E-state index contributed by atoms with van der Waals surface area (Å²) in [5, 5.41) is 2.99. The Labute approximate surface area is 138 Å². The van der Waals surface area contributed by atoms with Gasteiger partial charge in [-0.15, -0.1) is 0 Å². The zero-order valence-corrected chi connectivity index (χ0v) is 14.3. The van der Waals surface area contributed by atoms with Gasteiger partial charge in [0.2, 0.25) is 0 Å². The van der Waals surface area contributed by atoms with E-state index in [4.69, 9.17) is 4.74 Å². The Balaban J connectivity index is 2.09. The first kappa shape index (κ1) is 17.1. The van der Waals surface area contributed by atoms with Crippen molar-refractivity contribution in [3.63, 3.8) is 0 Å². The van der Waals surface area contributed by atoms with Gasteiger partial charge in [0.05, 0.1) is 0 Å². The zero-order valence-electron chi connectivity index (χ0n) is 14.3. The Morgan fingerprint density at radius 2 is 1.70 bits per heavy atom. The SMILES string of the molecule is CCc1ccccc1O[C@H](C)C(=O)Nc1ccccc1C(C)C. The molecule has 0 spiro atoms. The van der Waals surface area contributed by atoms with E-state index in [1.54, 1.807) is 6.92 Å². The van der Waals surface area contributed by atoms with E-state index in [0.717, 1.165) is 29.0 Å². The van der Waals surface area contributed by atoms with Crippen LogP contribution in [-0.2, 0) is 11.2 Å². The Morgan fingerprint density at radius 3 is 2.39 bits per heavy atom. The van der Waals surface area contributed by atoms with E-state index in [9.17, 15) is 4.79 Å². The van der Waals surface area contributed by atoms with Gasteiger partial charge in [0.25, 0.3) is 5.91 Å². The highest BCUT2D eigenvalue weighted by molar-refractivity contribution is 5.94. The predicted octanol–water partition coefficient (Wildman–Crippen LogP) is 4.78. The van der Waals surface area contributed by atoms with Crippen molar-refractivity contribution >= 4 is 11.6 Å². The van der Waals surface area contributed by atoms with Crippen LogP contribution in [0.15, 0.2) is 48.5 Å². The lowest BCUT2D eigenvalue weighted by Gasteiger charge is -2.19. The topological polar surface area (TPSA) is 38.3 Å². The van der Waals surface area contributed by atoms with Crippen molar-refractivity contribution < 1.29 is 9.53 Å². The number of benzene rings is 2. The van der Waals surface area contributed by atoms with Crippen LogP contribution in [0.25, 0.3) is 0 Å². The summed E-state index contributed by atoms with van der Waals surface area (Å²) in [7, 11) is 0. The average molecular weight is 311 g/mol. The molecule has 2 aromatic carbocycles. The largest absolute Gasteiger partial charge is 0.481 e. The second kappa shape index (κ2) is 7.82. The Morgan fingerprint density at radius 1 is 1.04 bits per heavy atom. The maximum absolute atomic E-state index is 12.5. The Hall–Kier alpha value is -2.29. The molecule has 0 fully saturated rings. The summed E-state index contributed by atoms with van der Waals surface area (Å²) in [6.45, 7) is 8.08. The number of amides is 1. The third-order valence-electron chi connectivity index (χ3n) is 3.87. The smallest absolute Gasteiger partial charge is 0.265 e. The second-order valence-electron chi connectivity index (χ2n) is 5.95. The highest BCUT2D eigenvalue weighted by Gasteiger charge is 2.17. The summed E-state index contributed by atoms with van der Waals surface area (Å²) >= 11 is 0. The van der Waals surface area contributed by atoms with Gasteiger partial charge in [-0.25, -0.2) is 0 Å². The number of para-hydroxylation sites is 2. The number of ether oxygens (including phenoxy) is 1. The van der Waals surface area contributed by atoms with Crippen molar-refractivity contribution in [3.8, 4) is 5.75 Å². The standard InChI is InChI=1S/C20H25NO2/c1-5-16-10-6-9-13-19(16)23-15(4)20(22)21-18-12-8-7-11-17(18)14(2)3/h6-15H,5H2,1-4H3,(H,21,22)/t15-/m1/s1. The summed E-state index contributed by atoms with van der Waals surface area (Å²) in [4.78, 5) is 12.5. The summed E-state index contributed by atoms with van der Waals surface area (Å²) in [5.41, 5.74) is 3.09. The first-order chi connectivity index (χ1) is 11.0. The van der Waals surface area contributed by atoms with Crippen LogP contribution in [0.5, 0.6) is 5.75 Å². The van der Waals surface area contributed by atoms with Crippen LogP contribution in [0.3, 0.4) is 0 Å². The zero-order chi connectivity index (χ0) is 16.8. The van der Waals surface area contributed by atoms with Crippen LogP contribution < -0.4 is 10.1 Å². The van der Waals surface area contributed by atoms with Crippen molar-refractivity contribution in [1.82, 2.24) is 0 Å². The van der Waals surface area contributed by atoms with Crippen molar-refractivity contribution in [2.75, 3.05) is 5.32 Å². The normalized spacial score (nSPS) is 12.0. The highest BCUT2D eigenvalue weighted by atomic mass is 16.5. The number of rotatable bonds is 6. The number of carbonyl (C=O) groups is 1. The van der Waals surface area contributed by atoms with E-state index in [2.05, 4.69) is 26.1 Å². The van der Waals surface area contributed by atoms with Crippen LogP contribution in [0.1, 0.15) is 44.7 Å². The third-order valence-corrected chi connectivity index (χ3v) is 3.87. The lowest BCUT2D eigenvalue weighted by molar-refractivity contribution is -0.122. The minimum absolute atomic E-state index is 0.135. The fourth-order valence-electron chi connectivity index (χ4n) is 2.50. The predicted molar refractivity (Wildman–Crippen MR) is 95.1 cm³/mol. The molecular formula is C20H25NO2. The van der Waals surface area contributed by atoms with Crippen LogP contribution in [0.2, 0.25) is 0 Å². The molecule has 0 heterocycles. The van der Waals surface area contributed by atoms with Gasteiger partial charge < -0.3 is 10.1 Å². The van der Waals surface area contributed by atoms with Crippen molar-refractivity contribution in [2.45, 2.75) is 46.1 Å². The van der Waals surface area contributed by atoms with Gasteiger partial charge in [-0.2, -0.15) is 0 Å². The molecule has 2 rings (SSSR count). The first-order valence-electron chi connectivity index (χ1n) is 8.17. The molecule has 0 aliphatic rings. The molecule has 0 aromatic heterocycles. The molecule has 23 heavy (non-hydrogen) atoms. The van der Waals surface area contributed by atoms with E-state index in [0.29, 0.717) is 5.92 Å². The Bertz CT molecular complexity index is 664. The van der Waals surface area contributed by atoms with Crippen LogP contribution in [0.4, 0.5) is 5.69 Å². The lowest BCUT2D eigenvalue weighted by atomic mass is 10.0. The average Bonchev–Trinajstić information content (AvgIpc) is 2.55. The van der Waals surface area contributed by atoms with Crippen LogP contribution in [0, 0.1) is 0 Å².